The highest BCUT2D eigenvalue weighted by Gasteiger charge is 2.07. The number of hydrogen-bond acceptors (Lipinski definition) is 2. The SMILES string of the molecule is Cc1ccc(NC(=O)Nc2ccc(Cl)c(Cl)c2)c(O)c1. The number of carbonyl (C=O) groups is 1. The zero-order valence-corrected chi connectivity index (χ0v) is 12.1. The molecule has 0 aliphatic heterocycles. The van der Waals surface area contributed by atoms with Crippen LogP contribution in [0.5, 0.6) is 5.75 Å². The first-order valence-electron chi connectivity index (χ1n) is 5.78. The third-order valence-electron chi connectivity index (χ3n) is 2.58. The first-order chi connectivity index (χ1) is 9.45. The Morgan fingerprint density at radius 2 is 1.80 bits per heavy atom. The Labute approximate surface area is 126 Å². The van der Waals surface area contributed by atoms with E-state index in [-0.39, 0.29) is 5.75 Å². The van der Waals surface area contributed by atoms with Crippen molar-refractivity contribution in [1.29, 1.82) is 0 Å². The third kappa shape index (κ3) is 3.56. The van der Waals surface area contributed by atoms with Gasteiger partial charge >= 0.3 is 6.03 Å². The van der Waals surface area contributed by atoms with Gasteiger partial charge in [0.05, 0.1) is 15.7 Å². The fourth-order valence-corrected chi connectivity index (χ4v) is 1.90. The summed E-state index contributed by atoms with van der Waals surface area (Å²) >= 11 is 11.6. The number of urea groups is 1. The van der Waals surface area contributed by atoms with E-state index in [9.17, 15) is 9.90 Å². The molecular weight excluding hydrogens is 299 g/mol. The molecule has 0 radical (unpaired) electrons. The molecule has 0 unspecified atom stereocenters. The minimum atomic E-state index is -0.484. The van der Waals surface area contributed by atoms with E-state index in [1.807, 2.05) is 6.92 Å². The van der Waals surface area contributed by atoms with E-state index in [0.29, 0.717) is 21.4 Å². The van der Waals surface area contributed by atoms with Crippen LogP contribution in [0.3, 0.4) is 0 Å². The Hall–Kier alpha value is -1.91. The van der Waals surface area contributed by atoms with Gasteiger partial charge in [-0.1, -0.05) is 29.3 Å². The van der Waals surface area contributed by atoms with Gasteiger partial charge in [-0.15, -0.1) is 0 Å². The fourth-order valence-electron chi connectivity index (χ4n) is 1.61. The van der Waals surface area contributed by atoms with Gasteiger partial charge in [0.2, 0.25) is 0 Å². The van der Waals surface area contributed by atoms with Gasteiger partial charge in [0.25, 0.3) is 0 Å². The first-order valence-corrected chi connectivity index (χ1v) is 6.54. The Morgan fingerprint density at radius 1 is 1.05 bits per heavy atom. The van der Waals surface area contributed by atoms with Crippen molar-refractivity contribution in [2.75, 3.05) is 10.6 Å². The summed E-state index contributed by atoms with van der Waals surface area (Å²) in [4.78, 5) is 11.8. The highest BCUT2D eigenvalue weighted by molar-refractivity contribution is 6.42. The monoisotopic (exact) mass is 310 g/mol. The number of aryl methyl sites for hydroxylation is 1. The van der Waals surface area contributed by atoms with Gasteiger partial charge in [-0.3, -0.25) is 0 Å². The summed E-state index contributed by atoms with van der Waals surface area (Å²) < 4.78 is 0. The molecule has 104 valence electrons. The molecule has 0 spiro atoms. The van der Waals surface area contributed by atoms with Crippen LogP contribution in [0.25, 0.3) is 0 Å². The lowest BCUT2D eigenvalue weighted by atomic mass is 10.2. The van der Waals surface area contributed by atoms with Crippen molar-refractivity contribution < 1.29 is 9.90 Å². The summed E-state index contributed by atoms with van der Waals surface area (Å²) in [6.45, 7) is 1.85. The van der Waals surface area contributed by atoms with Gasteiger partial charge in [0, 0.05) is 5.69 Å². The molecular formula is C14H12Cl2N2O2. The Kier molecular flexibility index (Phi) is 4.37. The van der Waals surface area contributed by atoms with Gasteiger partial charge in [-0.2, -0.15) is 0 Å². The maximum Gasteiger partial charge on any atom is 0.323 e. The molecule has 0 saturated carbocycles. The number of hydrogen-bond donors (Lipinski definition) is 3. The minimum Gasteiger partial charge on any atom is -0.506 e. The van der Waals surface area contributed by atoms with Crippen LogP contribution in [0.2, 0.25) is 10.0 Å². The standard InChI is InChI=1S/C14H12Cl2N2O2/c1-8-2-5-12(13(19)6-8)18-14(20)17-9-3-4-10(15)11(16)7-9/h2-7,19H,1H3,(H2,17,18,20). The molecule has 2 aromatic rings. The van der Waals surface area contributed by atoms with Crippen molar-refractivity contribution in [2.24, 2.45) is 0 Å². The number of benzene rings is 2. The smallest absolute Gasteiger partial charge is 0.323 e. The molecule has 4 nitrogen and oxygen atoms in total. The van der Waals surface area contributed by atoms with Gasteiger partial charge in [0.1, 0.15) is 5.75 Å². The number of rotatable bonds is 2. The molecule has 6 heteroatoms. The Bertz CT molecular complexity index is 660. The molecule has 0 aromatic heterocycles. The molecule has 0 fully saturated rings. The average Bonchev–Trinajstić information content (AvgIpc) is 2.37. The Balaban J connectivity index is 2.07. The summed E-state index contributed by atoms with van der Waals surface area (Å²) in [5.41, 5.74) is 1.73. The number of anilines is 2. The van der Waals surface area contributed by atoms with Gasteiger partial charge in [0.15, 0.2) is 0 Å². The maximum atomic E-state index is 11.8. The molecule has 20 heavy (non-hydrogen) atoms. The lowest BCUT2D eigenvalue weighted by Gasteiger charge is -2.10. The van der Waals surface area contributed by atoms with Crippen molar-refractivity contribution in [2.45, 2.75) is 6.92 Å². The normalized spacial score (nSPS) is 10.2. The van der Waals surface area contributed by atoms with Gasteiger partial charge in [-0.25, -0.2) is 4.79 Å². The zero-order valence-electron chi connectivity index (χ0n) is 10.6. The summed E-state index contributed by atoms with van der Waals surface area (Å²) in [6, 6.07) is 9.24. The van der Waals surface area contributed by atoms with E-state index in [1.54, 1.807) is 36.4 Å². The number of aromatic hydroxyl groups is 1. The van der Waals surface area contributed by atoms with Crippen LogP contribution in [-0.2, 0) is 0 Å². The minimum absolute atomic E-state index is 0.00860. The Morgan fingerprint density at radius 3 is 2.45 bits per heavy atom. The predicted molar refractivity (Wildman–Crippen MR) is 81.9 cm³/mol. The molecule has 2 amide bonds. The number of nitrogens with one attached hydrogen (secondary N) is 2. The van der Waals surface area contributed by atoms with Crippen LogP contribution in [0.15, 0.2) is 36.4 Å². The average molecular weight is 311 g/mol. The first kappa shape index (κ1) is 14.5. The second-order valence-electron chi connectivity index (χ2n) is 4.23. The summed E-state index contributed by atoms with van der Waals surface area (Å²) in [6.07, 6.45) is 0. The molecule has 0 saturated heterocycles. The molecule has 2 rings (SSSR count). The molecule has 2 aromatic carbocycles. The van der Waals surface area contributed by atoms with Crippen molar-refractivity contribution in [3.8, 4) is 5.75 Å². The van der Waals surface area contributed by atoms with Crippen LogP contribution < -0.4 is 10.6 Å². The van der Waals surface area contributed by atoms with Gasteiger partial charge in [-0.05, 0) is 42.8 Å². The van der Waals surface area contributed by atoms with Crippen molar-refractivity contribution in [1.82, 2.24) is 0 Å². The zero-order chi connectivity index (χ0) is 14.7. The van der Waals surface area contributed by atoms with E-state index in [4.69, 9.17) is 23.2 Å². The van der Waals surface area contributed by atoms with Crippen LogP contribution in [0.1, 0.15) is 5.56 Å². The summed E-state index contributed by atoms with van der Waals surface area (Å²) in [5, 5.41) is 15.6. The van der Waals surface area contributed by atoms with Crippen LogP contribution in [-0.4, -0.2) is 11.1 Å². The molecule has 0 heterocycles. The van der Waals surface area contributed by atoms with Crippen molar-refractivity contribution in [3.63, 3.8) is 0 Å². The second kappa shape index (κ2) is 6.03. The topological polar surface area (TPSA) is 61.4 Å². The van der Waals surface area contributed by atoms with Crippen LogP contribution in [0.4, 0.5) is 16.2 Å². The lowest BCUT2D eigenvalue weighted by Crippen LogP contribution is -2.19. The van der Waals surface area contributed by atoms with Crippen LogP contribution >= 0.6 is 23.2 Å². The predicted octanol–water partition coefficient (Wildman–Crippen LogP) is 4.65. The molecule has 3 N–H and O–H groups in total. The number of phenols is 1. The second-order valence-corrected chi connectivity index (χ2v) is 5.04. The van der Waals surface area contributed by atoms with E-state index in [2.05, 4.69) is 10.6 Å². The van der Waals surface area contributed by atoms with Crippen molar-refractivity contribution >= 4 is 40.6 Å². The summed E-state index contributed by atoms with van der Waals surface area (Å²) in [5.74, 6) is 0.00860. The summed E-state index contributed by atoms with van der Waals surface area (Å²) in [7, 11) is 0. The van der Waals surface area contributed by atoms with Crippen LogP contribution in [0, 0.1) is 6.92 Å². The van der Waals surface area contributed by atoms with Crippen molar-refractivity contribution in [3.05, 3.63) is 52.0 Å². The molecule has 0 atom stereocenters. The highest BCUT2D eigenvalue weighted by atomic mass is 35.5. The maximum absolute atomic E-state index is 11.8. The van der Waals surface area contributed by atoms with E-state index in [1.165, 1.54) is 0 Å². The largest absolute Gasteiger partial charge is 0.506 e. The third-order valence-corrected chi connectivity index (χ3v) is 3.32. The number of halogens is 2. The van der Waals surface area contributed by atoms with Gasteiger partial charge < -0.3 is 15.7 Å². The number of amides is 2. The number of phenolic OH excluding ortho intramolecular Hbond substituents is 1. The lowest BCUT2D eigenvalue weighted by molar-refractivity contribution is 0.262. The molecule has 0 aliphatic rings. The van der Waals surface area contributed by atoms with E-state index in [0.717, 1.165) is 5.56 Å². The van der Waals surface area contributed by atoms with E-state index < -0.39 is 6.03 Å². The highest BCUT2D eigenvalue weighted by Crippen LogP contribution is 2.26. The quantitative estimate of drug-likeness (QED) is 0.707. The fraction of sp³-hybridized carbons (Fsp3) is 0.0714. The molecule has 0 bridgehead atoms. The van der Waals surface area contributed by atoms with E-state index >= 15 is 0 Å². The number of carbonyl (C=O) groups excluding carboxylic acids is 1. The molecule has 0 aliphatic carbocycles.